The molecule has 0 saturated heterocycles. The van der Waals surface area contributed by atoms with Crippen molar-refractivity contribution in [1.29, 1.82) is 0 Å². The zero-order chi connectivity index (χ0) is 15.9. The zero-order valence-corrected chi connectivity index (χ0v) is 13.3. The predicted octanol–water partition coefficient (Wildman–Crippen LogP) is 2.55. The van der Waals surface area contributed by atoms with Crippen molar-refractivity contribution in [2.45, 2.75) is 14.7 Å². The van der Waals surface area contributed by atoms with Crippen LogP contribution >= 0.6 is 0 Å². The van der Waals surface area contributed by atoms with Gasteiger partial charge in [0.05, 0.1) is 4.90 Å². The third-order valence-corrected chi connectivity index (χ3v) is 6.06. The van der Waals surface area contributed by atoms with Crippen molar-refractivity contribution in [3.8, 4) is 0 Å². The Hall–Kier alpha value is -1.89. The molecule has 0 amide bonds. The average Bonchev–Trinajstić information content (AvgIpc) is 2.63. The van der Waals surface area contributed by atoms with Crippen molar-refractivity contribution in [1.82, 2.24) is 0 Å². The van der Waals surface area contributed by atoms with Crippen molar-refractivity contribution < 1.29 is 17.8 Å². The largest absolute Gasteiger partial charge is 0.606 e. The van der Waals surface area contributed by atoms with Gasteiger partial charge in [0, 0.05) is 40.2 Å². The fraction of sp³-hybridized carbons (Fsp3) is 0.0625. The summed E-state index contributed by atoms with van der Waals surface area (Å²) >= 11 is -1.47. The van der Waals surface area contributed by atoms with Crippen LogP contribution in [0, 0.1) is 0 Å². The van der Waals surface area contributed by atoms with Crippen molar-refractivity contribution in [3.63, 3.8) is 0 Å². The van der Waals surface area contributed by atoms with Gasteiger partial charge in [-0.15, -0.1) is 0 Å². The second-order valence-electron chi connectivity index (χ2n) is 4.99. The molecular formula is C16H12O4S2. The Labute approximate surface area is 131 Å². The van der Waals surface area contributed by atoms with Gasteiger partial charge >= 0.3 is 0 Å². The molecule has 2 aromatic carbocycles. The lowest BCUT2D eigenvalue weighted by molar-refractivity contribution is 0.112. The van der Waals surface area contributed by atoms with Gasteiger partial charge in [-0.05, 0) is 36.4 Å². The van der Waals surface area contributed by atoms with Gasteiger partial charge in [0.25, 0.3) is 0 Å². The van der Waals surface area contributed by atoms with Crippen LogP contribution in [0.2, 0.25) is 0 Å². The maximum atomic E-state index is 12.8. The van der Waals surface area contributed by atoms with Crippen LogP contribution in [-0.4, -0.2) is 25.5 Å². The summed E-state index contributed by atoms with van der Waals surface area (Å²) < 4.78 is 36.1. The number of sulfone groups is 1. The van der Waals surface area contributed by atoms with Crippen molar-refractivity contribution >= 4 is 39.5 Å². The minimum atomic E-state index is -3.32. The minimum absolute atomic E-state index is 0.187. The van der Waals surface area contributed by atoms with Crippen LogP contribution in [-0.2, 0) is 21.0 Å². The van der Waals surface area contributed by atoms with E-state index in [4.69, 9.17) is 0 Å². The molecule has 0 N–H and O–H groups in total. The van der Waals surface area contributed by atoms with Gasteiger partial charge in [-0.25, -0.2) is 8.42 Å². The van der Waals surface area contributed by atoms with E-state index in [1.165, 1.54) is 12.1 Å². The average molecular weight is 332 g/mol. The van der Waals surface area contributed by atoms with Crippen LogP contribution in [0.5, 0.6) is 0 Å². The van der Waals surface area contributed by atoms with E-state index in [9.17, 15) is 17.8 Å². The van der Waals surface area contributed by atoms with Crippen LogP contribution in [0.1, 0.15) is 21.5 Å². The second kappa shape index (κ2) is 5.39. The summed E-state index contributed by atoms with van der Waals surface area (Å²) in [6.07, 6.45) is 5.37. The van der Waals surface area contributed by atoms with E-state index in [-0.39, 0.29) is 4.90 Å². The molecule has 1 unspecified atom stereocenters. The first-order valence-corrected chi connectivity index (χ1v) is 9.47. The van der Waals surface area contributed by atoms with Crippen LogP contribution in [0.25, 0.3) is 12.2 Å². The lowest BCUT2D eigenvalue weighted by Crippen LogP contribution is -2.06. The maximum Gasteiger partial charge on any atom is 0.175 e. The molecule has 0 aromatic heterocycles. The minimum Gasteiger partial charge on any atom is -0.606 e. The van der Waals surface area contributed by atoms with Gasteiger partial charge in [-0.2, -0.15) is 0 Å². The highest BCUT2D eigenvalue weighted by Crippen LogP contribution is 2.33. The summed E-state index contributed by atoms with van der Waals surface area (Å²) in [6.45, 7) is 0. The third-order valence-electron chi connectivity index (χ3n) is 3.43. The Morgan fingerprint density at radius 2 is 1.73 bits per heavy atom. The van der Waals surface area contributed by atoms with Gasteiger partial charge in [0.15, 0.2) is 19.6 Å². The van der Waals surface area contributed by atoms with Crippen LogP contribution in [0.3, 0.4) is 0 Å². The molecule has 2 aromatic rings. The molecule has 0 aliphatic carbocycles. The number of hydrogen-bond acceptors (Lipinski definition) is 4. The Morgan fingerprint density at radius 1 is 1.00 bits per heavy atom. The summed E-state index contributed by atoms with van der Waals surface area (Å²) in [5.41, 5.74) is 1.81. The van der Waals surface area contributed by atoms with Gasteiger partial charge < -0.3 is 4.55 Å². The Kier molecular flexibility index (Phi) is 3.68. The molecule has 1 heterocycles. The fourth-order valence-corrected chi connectivity index (χ4v) is 4.30. The van der Waals surface area contributed by atoms with Crippen molar-refractivity contribution in [2.75, 3.05) is 6.26 Å². The van der Waals surface area contributed by atoms with E-state index < -0.39 is 21.0 Å². The van der Waals surface area contributed by atoms with E-state index in [1.54, 1.807) is 36.4 Å². The van der Waals surface area contributed by atoms with Gasteiger partial charge in [0.2, 0.25) is 0 Å². The van der Waals surface area contributed by atoms with Crippen LogP contribution in [0.4, 0.5) is 0 Å². The molecule has 0 fully saturated rings. The molecule has 3 rings (SSSR count). The van der Waals surface area contributed by atoms with Crippen LogP contribution in [0.15, 0.2) is 51.1 Å². The summed E-state index contributed by atoms with van der Waals surface area (Å²) in [4.78, 5) is 12.2. The second-order valence-corrected chi connectivity index (χ2v) is 8.42. The number of carbonyl (C=O) groups excluding carboxylic acids is 1. The molecule has 0 spiro atoms. The summed E-state index contributed by atoms with van der Waals surface area (Å²) in [5, 5.41) is 0. The molecule has 0 radical (unpaired) electrons. The van der Waals surface area contributed by atoms with Crippen molar-refractivity contribution in [2.24, 2.45) is 0 Å². The molecule has 0 bridgehead atoms. The molecule has 1 atom stereocenters. The smallest absolute Gasteiger partial charge is 0.175 e. The first-order valence-electron chi connectivity index (χ1n) is 6.43. The van der Waals surface area contributed by atoms with Crippen molar-refractivity contribution in [3.05, 3.63) is 53.1 Å². The predicted molar refractivity (Wildman–Crippen MR) is 85.0 cm³/mol. The van der Waals surface area contributed by atoms with Gasteiger partial charge in [0.1, 0.15) is 6.29 Å². The SMILES string of the molecule is CS(=O)(=O)c1ccc2c(c1)C=Cc1ccc(C=O)cc1[S+]2[O-]. The summed E-state index contributed by atoms with van der Waals surface area (Å²) in [5.74, 6) is 0. The zero-order valence-electron chi connectivity index (χ0n) is 11.6. The van der Waals surface area contributed by atoms with Gasteiger partial charge in [-0.3, -0.25) is 4.79 Å². The quantitative estimate of drug-likeness (QED) is 0.626. The third kappa shape index (κ3) is 2.61. The normalized spacial score (nSPS) is 16.5. The lowest BCUT2D eigenvalue weighted by atomic mass is 10.1. The standard InChI is InChI=1S/C16H12O4S2/c1-22(19,20)14-6-7-15-13(9-14)5-4-12-3-2-11(10-17)8-16(12)21(15)18/h2-10H,1H3. The highest BCUT2D eigenvalue weighted by atomic mass is 32.2. The molecular weight excluding hydrogens is 320 g/mol. The number of rotatable bonds is 2. The first-order chi connectivity index (χ1) is 10.4. The lowest BCUT2D eigenvalue weighted by Gasteiger charge is -2.13. The van der Waals surface area contributed by atoms with E-state index in [2.05, 4.69) is 0 Å². The molecule has 22 heavy (non-hydrogen) atoms. The Balaban J connectivity index is 2.20. The number of carbonyl (C=O) groups is 1. The summed E-state index contributed by atoms with van der Waals surface area (Å²) in [7, 11) is -3.32. The Bertz CT molecular complexity index is 898. The highest BCUT2D eigenvalue weighted by molar-refractivity contribution is 7.91. The van der Waals surface area contributed by atoms with E-state index in [0.29, 0.717) is 27.2 Å². The topological polar surface area (TPSA) is 74.3 Å². The molecule has 1 aliphatic rings. The number of benzene rings is 2. The van der Waals surface area contributed by atoms with E-state index in [0.717, 1.165) is 11.8 Å². The van der Waals surface area contributed by atoms with E-state index in [1.807, 2.05) is 0 Å². The highest BCUT2D eigenvalue weighted by Gasteiger charge is 2.25. The van der Waals surface area contributed by atoms with Crippen LogP contribution < -0.4 is 0 Å². The number of hydrogen-bond donors (Lipinski definition) is 0. The van der Waals surface area contributed by atoms with Gasteiger partial charge in [-0.1, -0.05) is 6.07 Å². The van der Waals surface area contributed by atoms with E-state index >= 15 is 0 Å². The fourth-order valence-electron chi connectivity index (χ4n) is 2.28. The monoisotopic (exact) mass is 332 g/mol. The number of aldehydes is 1. The maximum absolute atomic E-state index is 12.8. The molecule has 0 saturated carbocycles. The molecule has 1 aliphatic heterocycles. The number of fused-ring (bicyclic) bond motifs is 2. The molecule has 4 nitrogen and oxygen atoms in total. The molecule has 6 heteroatoms. The first kappa shape index (κ1) is 15.0. The molecule has 112 valence electrons. The Morgan fingerprint density at radius 3 is 2.41 bits per heavy atom. The summed E-state index contributed by atoms with van der Waals surface area (Å²) in [6, 6.07) is 9.53.